The number of methoxy groups -OCH3 is 2. The Morgan fingerprint density at radius 3 is 1.43 bits per heavy atom. The topological polar surface area (TPSA) is 18.5 Å². The molecule has 0 aromatic heterocycles. The number of hydrogen-bond acceptors (Lipinski definition) is 2. The Morgan fingerprint density at radius 2 is 1.22 bits per heavy atom. The zero-order valence-corrected chi connectivity index (χ0v) is 20.1. The van der Waals surface area contributed by atoms with E-state index in [0.717, 1.165) is 0 Å². The summed E-state index contributed by atoms with van der Waals surface area (Å²) in [6.07, 6.45) is 0. The number of hydrogen-bond donors (Lipinski definition) is 0. The number of ether oxygens (including phenoxy) is 2. The van der Waals surface area contributed by atoms with Crippen LogP contribution in [0, 0.1) is 0 Å². The normalized spacial score (nSPS) is 14.1. The fourth-order valence-electron chi connectivity index (χ4n) is 2.40. The predicted octanol–water partition coefficient (Wildman–Crippen LogP) is 4.02. The van der Waals surface area contributed by atoms with E-state index < -0.39 is 4.86 Å². The summed E-state index contributed by atoms with van der Waals surface area (Å²) in [4.78, 5) is -0.535. The van der Waals surface area contributed by atoms with Crippen LogP contribution in [-0.4, -0.2) is 44.9 Å². The first-order chi connectivity index (χ1) is 10.3. The molecule has 1 atom stereocenters. The van der Waals surface area contributed by atoms with Gasteiger partial charge in [-0.25, -0.2) is 0 Å². The molecule has 130 valence electrons. The van der Waals surface area contributed by atoms with Gasteiger partial charge in [0.2, 0.25) is 0 Å². The van der Waals surface area contributed by atoms with Crippen LogP contribution < -0.4 is 5.30 Å². The molecule has 23 heavy (non-hydrogen) atoms. The van der Waals surface area contributed by atoms with E-state index in [9.17, 15) is 0 Å². The number of benzene rings is 1. The van der Waals surface area contributed by atoms with Crippen molar-refractivity contribution in [1.82, 2.24) is 0 Å². The summed E-state index contributed by atoms with van der Waals surface area (Å²) in [5, 5.41) is 1.30. The van der Waals surface area contributed by atoms with Crippen molar-refractivity contribution in [3.63, 3.8) is 0 Å². The van der Waals surface area contributed by atoms with Crippen molar-refractivity contribution < 1.29 is 9.47 Å². The van der Waals surface area contributed by atoms with Crippen LogP contribution in [0.1, 0.15) is 65.2 Å². The maximum atomic E-state index is 5.83. The Labute approximate surface area is 158 Å². The minimum atomic E-state index is -0.535. The zero-order valence-electron chi connectivity index (χ0n) is 15.7. The average Bonchev–Trinajstić information content (AvgIpc) is 2.44. The quantitative estimate of drug-likeness (QED) is 0.482. The molecule has 0 aliphatic rings. The van der Waals surface area contributed by atoms with Gasteiger partial charge in [-0.1, -0.05) is 0 Å². The van der Waals surface area contributed by atoms with Crippen molar-refractivity contribution in [2.24, 2.45) is 0 Å². The molecule has 0 aliphatic heterocycles. The van der Waals surface area contributed by atoms with Gasteiger partial charge in [-0.15, -0.1) is 0 Å². The van der Waals surface area contributed by atoms with Crippen LogP contribution in [0.2, 0.25) is 0 Å². The summed E-state index contributed by atoms with van der Waals surface area (Å²) in [6, 6.07) is 4.61. The van der Waals surface area contributed by atoms with Gasteiger partial charge in [-0.3, -0.25) is 0 Å². The molecule has 0 saturated carbocycles. The first-order valence-electron chi connectivity index (χ1n) is 7.72. The molecule has 0 aliphatic carbocycles. The Kier molecular flexibility index (Phi) is 6.91. The molecule has 0 spiro atoms. The van der Waals surface area contributed by atoms with Crippen molar-refractivity contribution in [2.45, 2.75) is 65.1 Å². The van der Waals surface area contributed by atoms with Gasteiger partial charge in [0.15, 0.2) is 0 Å². The summed E-state index contributed by atoms with van der Waals surface area (Å²) in [6.45, 7) is 15.2. The molecule has 0 fully saturated rings. The molecule has 1 aromatic rings. The molecule has 0 bridgehead atoms. The first kappa shape index (κ1) is 21.5. The molecular formula is C18H29O2PSe2. The fourth-order valence-corrected chi connectivity index (χ4v) is 5.94. The maximum absolute atomic E-state index is 5.83. The molecule has 5 heteroatoms. The van der Waals surface area contributed by atoms with E-state index in [1.807, 2.05) is 0 Å². The van der Waals surface area contributed by atoms with Crippen LogP contribution in [-0.2, 0) is 26.1 Å². The molecule has 1 rings (SSSR count). The van der Waals surface area contributed by atoms with Gasteiger partial charge in [0.25, 0.3) is 0 Å². The Balaban J connectivity index is 3.94. The molecule has 0 radical (unpaired) electrons. The summed E-state index contributed by atoms with van der Waals surface area (Å²) in [7, 11) is 3.55. The van der Waals surface area contributed by atoms with E-state index in [4.69, 9.17) is 9.47 Å². The fraction of sp³-hybridized carbons (Fsp3) is 0.667. The van der Waals surface area contributed by atoms with Gasteiger partial charge >= 0.3 is 158 Å². The monoisotopic (exact) mass is 468 g/mol. The van der Waals surface area contributed by atoms with Crippen LogP contribution >= 0.6 is 4.86 Å². The van der Waals surface area contributed by atoms with Gasteiger partial charge in [0.1, 0.15) is 0 Å². The molecule has 0 saturated heterocycles. The van der Waals surface area contributed by atoms with Crippen molar-refractivity contribution in [3.8, 4) is 0 Å². The molecule has 1 aromatic carbocycles. The second-order valence-corrected chi connectivity index (χ2v) is 16.9. The Morgan fingerprint density at radius 1 is 0.870 bits per heavy atom. The molecule has 2 nitrogen and oxygen atoms in total. The van der Waals surface area contributed by atoms with Gasteiger partial charge in [-0.05, 0) is 0 Å². The zero-order chi connectivity index (χ0) is 18.2. The SMILES string of the molecule is COC(C)(C)c1cc(C(C)(C)C)cc(C(C)(C)OC)c1[P+](=[Se])[Se-]. The molecular weight excluding hydrogens is 437 g/mol. The summed E-state index contributed by atoms with van der Waals surface area (Å²) in [5.41, 5.74) is 3.12. The second-order valence-electron chi connectivity index (χ2n) is 7.86. The Hall–Kier alpha value is 0.479. The first-order valence-corrected chi connectivity index (χ1v) is 13.5. The van der Waals surface area contributed by atoms with Crippen molar-refractivity contribution >= 4 is 40.8 Å². The van der Waals surface area contributed by atoms with Crippen molar-refractivity contribution in [2.75, 3.05) is 14.2 Å². The third kappa shape index (κ3) is 4.77. The molecule has 0 heterocycles. The van der Waals surface area contributed by atoms with E-state index in [1.54, 1.807) is 14.2 Å². The minimum absolute atomic E-state index is 0.0628. The summed E-state index contributed by atoms with van der Waals surface area (Å²) in [5.74, 6) is 0. The molecule has 0 amide bonds. The summed E-state index contributed by atoms with van der Waals surface area (Å²) >= 11 is 6.57. The van der Waals surface area contributed by atoms with Gasteiger partial charge in [0.05, 0.1) is 0 Å². The third-order valence-corrected chi connectivity index (χ3v) is 7.62. The van der Waals surface area contributed by atoms with Crippen LogP contribution in [0.3, 0.4) is 0 Å². The summed E-state index contributed by atoms with van der Waals surface area (Å²) < 4.78 is 11.7. The van der Waals surface area contributed by atoms with Crippen LogP contribution in [0.5, 0.6) is 0 Å². The van der Waals surface area contributed by atoms with E-state index in [-0.39, 0.29) is 16.6 Å². The average molecular weight is 466 g/mol. The Bertz CT molecular complexity index is 565. The van der Waals surface area contributed by atoms with Crippen LogP contribution in [0.15, 0.2) is 12.1 Å². The van der Waals surface area contributed by atoms with E-state index in [1.165, 1.54) is 22.0 Å². The third-order valence-electron chi connectivity index (χ3n) is 4.48. The van der Waals surface area contributed by atoms with E-state index in [2.05, 4.69) is 91.3 Å². The van der Waals surface area contributed by atoms with Crippen molar-refractivity contribution in [3.05, 3.63) is 28.8 Å². The van der Waals surface area contributed by atoms with Crippen LogP contribution in [0.25, 0.3) is 0 Å². The van der Waals surface area contributed by atoms with Gasteiger partial charge < -0.3 is 0 Å². The predicted molar refractivity (Wildman–Crippen MR) is 103 cm³/mol. The molecule has 1 unspecified atom stereocenters. The van der Waals surface area contributed by atoms with Gasteiger partial charge in [0, 0.05) is 0 Å². The van der Waals surface area contributed by atoms with Crippen molar-refractivity contribution in [1.29, 1.82) is 0 Å². The van der Waals surface area contributed by atoms with Gasteiger partial charge in [-0.2, -0.15) is 0 Å². The second kappa shape index (κ2) is 7.38. The van der Waals surface area contributed by atoms with E-state index in [0.29, 0.717) is 0 Å². The standard InChI is InChI=1S/C18H29O2PSe2/c1-16(2,3)12-10-13(17(4,5)19-8)15(21(22)23)14(11-12)18(6,7)20-9/h10-11H,1-9H3. The molecule has 0 N–H and O–H groups in total. The van der Waals surface area contributed by atoms with E-state index >= 15 is 0 Å². The number of rotatable bonds is 5. The van der Waals surface area contributed by atoms with Crippen LogP contribution in [0.4, 0.5) is 0 Å².